The normalized spacial score (nSPS) is 15.7. The fourth-order valence-corrected chi connectivity index (χ4v) is 4.65. The van der Waals surface area contributed by atoms with Crippen molar-refractivity contribution in [1.82, 2.24) is 24.4 Å². The van der Waals surface area contributed by atoms with Gasteiger partial charge < -0.3 is 19.4 Å². The average Bonchev–Trinajstić information content (AvgIpc) is 3.53. The van der Waals surface area contributed by atoms with Crippen LogP contribution in [0.3, 0.4) is 0 Å². The van der Waals surface area contributed by atoms with Crippen LogP contribution in [-0.2, 0) is 9.59 Å². The van der Waals surface area contributed by atoms with Crippen LogP contribution < -0.4 is 9.64 Å². The molecule has 0 unspecified atom stereocenters. The highest BCUT2D eigenvalue weighted by Crippen LogP contribution is 2.31. The van der Waals surface area contributed by atoms with E-state index < -0.39 is 0 Å². The molecule has 0 spiro atoms. The molecule has 3 aromatic rings. The number of amides is 2. The summed E-state index contributed by atoms with van der Waals surface area (Å²) in [6, 6.07) is 7.97. The summed E-state index contributed by atoms with van der Waals surface area (Å²) in [5.74, 6) is 3.44. The van der Waals surface area contributed by atoms with E-state index in [0.717, 1.165) is 29.9 Å². The third-order valence-electron chi connectivity index (χ3n) is 6.58. The van der Waals surface area contributed by atoms with Gasteiger partial charge >= 0.3 is 0 Å². The van der Waals surface area contributed by atoms with Gasteiger partial charge in [0.2, 0.25) is 5.91 Å². The molecule has 0 N–H and O–H groups in total. The van der Waals surface area contributed by atoms with Gasteiger partial charge in [-0.25, -0.2) is 9.50 Å². The van der Waals surface area contributed by atoms with Gasteiger partial charge in [0.25, 0.3) is 5.91 Å². The number of ether oxygens (including phenoxy) is 1. The summed E-state index contributed by atoms with van der Waals surface area (Å²) in [4.78, 5) is 33.8. The number of aromatic nitrogens is 3. The molecule has 5 rings (SSSR count). The smallest absolute Gasteiger partial charge is 0.298 e. The summed E-state index contributed by atoms with van der Waals surface area (Å²) in [6.45, 7) is 4.07. The van der Waals surface area contributed by atoms with E-state index in [9.17, 15) is 14.9 Å². The van der Waals surface area contributed by atoms with Crippen LogP contribution in [0.4, 0.5) is 5.82 Å². The summed E-state index contributed by atoms with van der Waals surface area (Å²) in [7, 11) is 0. The van der Waals surface area contributed by atoms with Crippen molar-refractivity contribution in [3.63, 3.8) is 0 Å². The predicted molar refractivity (Wildman–Crippen MR) is 132 cm³/mol. The number of nitriles is 1. The minimum atomic E-state index is -0.287. The molecule has 5 heterocycles. The van der Waals surface area contributed by atoms with Crippen molar-refractivity contribution in [2.45, 2.75) is 12.8 Å². The quantitative estimate of drug-likeness (QED) is 0.490. The number of nitrogens with zero attached hydrogens (tertiary/aromatic N) is 7. The van der Waals surface area contributed by atoms with Crippen LogP contribution in [0, 0.1) is 23.7 Å². The molecule has 2 aliphatic rings. The molecule has 0 radical (unpaired) electrons. The van der Waals surface area contributed by atoms with Crippen molar-refractivity contribution in [2.24, 2.45) is 0 Å². The van der Waals surface area contributed by atoms with Gasteiger partial charge in [0.05, 0.1) is 30.0 Å². The molecule has 0 aliphatic carbocycles. The molecule has 2 aliphatic heterocycles. The van der Waals surface area contributed by atoms with Crippen LogP contribution >= 0.6 is 0 Å². The molecule has 0 saturated carbocycles. The lowest BCUT2D eigenvalue weighted by atomic mass is 10.1. The first-order chi connectivity index (χ1) is 17.6. The van der Waals surface area contributed by atoms with Crippen LogP contribution in [0.25, 0.3) is 16.6 Å². The molecule has 10 nitrogen and oxygen atoms in total. The minimum Gasteiger partial charge on any atom is -0.490 e. The zero-order chi connectivity index (χ0) is 25.1. The summed E-state index contributed by atoms with van der Waals surface area (Å²) in [5.41, 5.74) is 2.73. The van der Waals surface area contributed by atoms with Gasteiger partial charge in [-0.15, -0.1) is 6.42 Å². The number of rotatable bonds is 6. The molecule has 36 heavy (non-hydrogen) atoms. The topological polar surface area (TPSA) is 107 Å². The zero-order valence-electron chi connectivity index (χ0n) is 19.8. The predicted octanol–water partition coefficient (Wildman–Crippen LogP) is 1.55. The molecule has 0 aromatic carbocycles. The Hall–Kier alpha value is -4.57. The molecule has 2 fully saturated rings. The van der Waals surface area contributed by atoms with Crippen molar-refractivity contribution in [1.29, 1.82) is 5.26 Å². The van der Waals surface area contributed by atoms with Gasteiger partial charge in [-0.1, -0.05) is 0 Å². The Morgan fingerprint density at radius 2 is 2.00 bits per heavy atom. The van der Waals surface area contributed by atoms with Gasteiger partial charge in [0.15, 0.2) is 0 Å². The number of hydrogen-bond acceptors (Lipinski definition) is 7. The number of likely N-dealkylation sites (tertiary alicyclic amines) is 1. The van der Waals surface area contributed by atoms with Crippen LogP contribution in [0.1, 0.15) is 18.4 Å². The van der Waals surface area contributed by atoms with E-state index in [2.05, 4.69) is 27.0 Å². The summed E-state index contributed by atoms with van der Waals surface area (Å²) >= 11 is 0. The molecule has 2 saturated heterocycles. The van der Waals surface area contributed by atoms with E-state index >= 15 is 0 Å². The molecule has 0 atom stereocenters. The van der Waals surface area contributed by atoms with Gasteiger partial charge in [0.1, 0.15) is 24.2 Å². The Kier molecular flexibility index (Phi) is 6.42. The maximum atomic E-state index is 11.9. The monoisotopic (exact) mass is 483 g/mol. The summed E-state index contributed by atoms with van der Waals surface area (Å²) < 4.78 is 7.61. The fraction of sp³-hybridized carbons (Fsp3) is 0.346. The molecular formula is C26H25N7O3. The van der Waals surface area contributed by atoms with Crippen molar-refractivity contribution in [3.05, 3.63) is 42.4 Å². The first kappa shape index (κ1) is 23.2. The Morgan fingerprint density at radius 3 is 2.67 bits per heavy atom. The Balaban J connectivity index is 1.36. The zero-order valence-corrected chi connectivity index (χ0v) is 19.8. The SMILES string of the molecule is C#CC(=O)N1CCN(c2ccc(-c3cc(OCCN4CCCC4=O)cn4ncc(C#N)c34)cn2)CC1. The number of anilines is 1. The van der Waals surface area contributed by atoms with E-state index in [-0.39, 0.29) is 11.8 Å². The van der Waals surface area contributed by atoms with Crippen molar-refractivity contribution in [2.75, 3.05) is 50.8 Å². The lowest BCUT2D eigenvalue weighted by molar-refractivity contribution is -0.128. The minimum absolute atomic E-state index is 0.163. The highest BCUT2D eigenvalue weighted by Gasteiger charge is 2.22. The third kappa shape index (κ3) is 4.53. The lowest BCUT2D eigenvalue weighted by Crippen LogP contribution is -2.48. The number of pyridine rings is 2. The number of hydrogen-bond donors (Lipinski definition) is 0. The first-order valence-electron chi connectivity index (χ1n) is 11.9. The van der Waals surface area contributed by atoms with Gasteiger partial charge in [0, 0.05) is 56.5 Å². The number of carbonyl (C=O) groups excluding carboxylic acids is 2. The highest BCUT2D eigenvalue weighted by atomic mass is 16.5. The Bertz CT molecular complexity index is 1380. The molecule has 3 aromatic heterocycles. The summed E-state index contributed by atoms with van der Waals surface area (Å²) in [5, 5.41) is 13.9. The maximum absolute atomic E-state index is 11.9. The fourth-order valence-electron chi connectivity index (χ4n) is 4.65. The largest absolute Gasteiger partial charge is 0.490 e. The van der Waals surface area contributed by atoms with Crippen LogP contribution in [0.15, 0.2) is 36.8 Å². The summed E-state index contributed by atoms with van der Waals surface area (Å²) in [6.07, 6.45) is 11.8. The number of carbonyl (C=O) groups is 2. The second-order valence-corrected chi connectivity index (χ2v) is 8.71. The van der Waals surface area contributed by atoms with Crippen molar-refractivity contribution in [3.8, 4) is 35.3 Å². The molecule has 0 bridgehead atoms. The van der Waals surface area contributed by atoms with Gasteiger partial charge in [-0.05, 0) is 30.5 Å². The number of fused-ring (bicyclic) bond motifs is 1. The van der Waals surface area contributed by atoms with E-state index in [1.165, 1.54) is 6.20 Å². The number of terminal acetylenes is 1. The standard InChI is InChI=1S/C26H25N7O3/c1-2-24(34)32-10-8-30(9-11-32)23-6-5-19(16-28-23)22-14-21(18-33-26(22)20(15-27)17-29-33)36-13-12-31-7-3-4-25(31)35/h1,5-6,14,16-18H,3-4,7-13H2. The Morgan fingerprint density at radius 1 is 1.17 bits per heavy atom. The highest BCUT2D eigenvalue weighted by molar-refractivity contribution is 5.93. The second kappa shape index (κ2) is 9.96. The lowest BCUT2D eigenvalue weighted by Gasteiger charge is -2.34. The van der Waals surface area contributed by atoms with E-state index in [1.807, 2.05) is 23.1 Å². The molecular weight excluding hydrogens is 458 g/mol. The third-order valence-corrected chi connectivity index (χ3v) is 6.58. The first-order valence-corrected chi connectivity index (χ1v) is 11.9. The van der Waals surface area contributed by atoms with Crippen LogP contribution in [-0.4, -0.2) is 82.1 Å². The van der Waals surface area contributed by atoms with E-state index in [4.69, 9.17) is 11.2 Å². The van der Waals surface area contributed by atoms with Gasteiger partial charge in [-0.3, -0.25) is 9.59 Å². The maximum Gasteiger partial charge on any atom is 0.298 e. The van der Waals surface area contributed by atoms with Gasteiger partial charge in [-0.2, -0.15) is 10.4 Å². The molecule has 2 amide bonds. The average molecular weight is 484 g/mol. The van der Waals surface area contributed by atoms with E-state index in [1.54, 1.807) is 21.8 Å². The van der Waals surface area contributed by atoms with Crippen LogP contribution in [0.5, 0.6) is 5.75 Å². The van der Waals surface area contributed by atoms with Crippen molar-refractivity contribution < 1.29 is 14.3 Å². The Labute approximate surface area is 208 Å². The second-order valence-electron chi connectivity index (χ2n) is 8.71. The van der Waals surface area contributed by atoms with Crippen LogP contribution in [0.2, 0.25) is 0 Å². The van der Waals surface area contributed by atoms with E-state index in [0.29, 0.717) is 62.6 Å². The molecule has 10 heteroatoms. The number of piperazine rings is 1. The molecule has 182 valence electrons. The van der Waals surface area contributed by atoms with Crippen molar-refractivity contribution >= 4 is 23.1 Å².